The Balaban J connectivity index is 1.35. The monoisotopic (exact) mass is 445 g/mol. The van der Waals surface area contributed by atoms with E-state index in [0.717, 1.165) is 64.4 Å². The van der Waals surface area contributed by atoms with Gasteiger partial charge in [-0.05, 0) is 95.3 Å². The molecule has 0 aromatic rings. The topological polar surface area (TPSA) is 30.0 Å². The highest BCUT2D eigenvalue weighted by Crippen LogP contribution is 2.31. The molecule has 2 fully saturated rings. The Morgan fingerprint density at radius 3 is 2.31 bits per heavy atom. The predicted octanol–water partition coefficient (Wildman–Crippen LogP) is 4.66. The lowest BCUT2D eigenvalue weighted by atomic mass is 9.81. The normalized spacial score (nSPS) is 28.0. The van der Waals surface area contributed by atoms with Gasteiger partial charge in [0.2, 0.25) is 0 Å². The molecule has 0 aromatic carbocycles. The number of β-amino-alcohol motifs (C(OH)–C–C–N with tert-alkyl or cyclic N) is 1. The third-order valence-electron chi connectivity index (χ3n) is 8.57. The minimum Gasteiger partial charge on any atom is -0.391 e. The minimum absolute atomic E-state index is 0.175. The Morgan fingerprint density at radius 1 is 1.00 bits per heavy atom. The van der Waals surface area contributed by atoms with Crippen molar-refractivity contribution >= 4 is 0 Å². The Hall–Kier alpha value is -0.680. The van der Waals surface area contributed by atoms with E-state index in [-0.39, 0.29) is 6.10 Å². The lowest BCUT2D eigenvalue weighted by molar-refractivity contribution is 0.0384. The molecule has 0 spiro atoms. The van der Waals surface area contributed by atoms with Crippen LogP contribution in [0.15, 0.2) is 23.8 Å². The number of piperazine rings is 1. The van der Waals surface area contributed by atoms with Crippen molar-refractivity contribution in [2.24, 2.45) is 23.7 Å². The molecule has 4 nitrogen and oxygen atoms in total. The first-order chi connectivity index (χ1) is 15.4. The van der Waals surface area contributed by atoms with Gasteiger partial charge >= 0.3 is 0 Å². The van der Waals surface area contributed by atoms with Gasteiger partial charge < -0.3 is 14.9 Å². The summed E-state index contributed by atoms with van der Waals surface area (Å²) in [5.74, 6) is 2.61. The van der Waals surface area contributed by atoms with Crippen molar-refractivity contribution < 1.29 is 5.11 Å². The van der Waals surface area contributed by atoms with Gasteiger partial charge in [-0.2, -0.15) is 0 Å². The summed E-state index contributed by atoms with van der Waals surface area (Å²) in [6.07, 6.45) is 16.0. The Morgan fingerprint density at radius 2 is 1.69 bits per heavy atom. The van der Waals surface area contributed by atoms with Crippen LogP contribution in [0.4, 0.5) is 0 Å². The van der Waals surface area contributed by atoms with E-state index in [4.69, 9.17) is 0 Å². The zero-order chi connectivity index (χ0) is 22.9. The van der Waals surface area contributed by atoms with Crippen LogP contribution in [0, 0.1) is 23.7 Å². The molecule has 2 saturated heterocycles. The van der Waals surface area contributed by atoms with Crippen molar-refractivity contribution in [3.63, 3.8) is 0 Å². The summed E-state index contributed by atoms with van der Waals surface area (Å²) in [4.78, 5) is 7.44. The van der Waals surface area contributed by atoms with Gasteiger partial charge in [0.15, 0.2) is 0 Å². The number of likely N-dealkylation sites (N-methyl/N-ethyl adjacent to an activating group) is 1. The summed E-state index contributed by atoms with van der Waals surface area (Å²) in [6, 6.07) is 0. The van der Waals surface area contributed by atoms with Crippen molar-refractivity contribution in [1.29, 1.82) is 0 Å². The van der Waals surface area contributed by atoms with Crippen molar-refractivity contribution in [2.45, 2.75) is 71.8 Å². The summed E-state index contributed by atoms with van der Waals surface area (Å²) in [5, 5.41) is 10.8. The fourth-order valence-corrected chi connectivity index (χ4v) is 5.76. The van der Waals surface area contributed by atoms with Crippen LogP contribution in [0.1, 0.15) is 65.7 Å². The fraction of sp³-hybridized carbons (Fsp3) is 0.857. The number of nitrogens with zero attached hydrogens (tertiary/aromatic N) is 3. The van der Waals surface area contributed by atoms with Crippen molar-refractivity contribution in [3.8, 4) is 0 Å². The first-order valence-corrected chi connectivity index (χ1v) is 13.6. The van der Waals surface area contributed by atoms with E-state index < -0.39 is 0 Å². The van der Waals surface area contributed by atoms with E-state index in [1.807, 2.05) is 0 Å². The fourth-order valence-electron chi connectivity index (χ4n) is 5.76. The first-order valence-electron chi connectivity index (χ1n) is 13.6. The molecular weight excluding hydrogens is 394 g/mol. The van der Waals surface area contributed by atoms with E-state index in [2.05, 4.69) is 60.7 Å². The van der Waals surface area contributed by atoms with Crippen LogP contribution >= 0.6 is 0 Å². The van der Waals surface area contributed by atoms with Crippen molar-refractivity contribution in [3.05, 3.63) is 23.8 Å². The third-order valence-corrected chi connectivity index (χ3v) is 8.57. The molecule has 0 bridgehead atoms. The second kappa shape index (κ2) is 13.3. The third kappa shape index (κ3) is 8.27. The Kier molecular flexibility index (Phi) is 10.8. The van der Waals surface area contributed by atoms with Gasteiger partial charge in [0.25, 0.3) is 0 Å². The quantitative estimate of drug-likeness (QED) is 0.495. The number of aliphatic hydroxyl groups excluding tert-OH is 1. The molecule has 4 atom stereocenters. The highest BCUT2D eigenvalue weighted by Gasteiger charge is 2.26. The van der Waals surface area contributed by atoms with Gasteiger partial charge in [0.05, 0.1) is 6.10 Å². The maximum atomic E-state index is 10.8. The predicted molar refractivity (Wildman–Crippen MR) is 137 cm³/mol. The lowest BCUT2D eigenvalue weighted by Gasteiger charge is -2.37. The number of allylic oxidation sites excluding steroid dienone is 4. The van der Waals surface area contributed by atoms with Crippen LogP contribution in [-0.2, 0) is 0 Å². The Labute approximate surface area is 198 Å². The summed E-state index contributed by atoms with van der Waals surface area (Å²) in [5.41, 5.74) is 1.59. The number of likely N-dealkylation sites (tertiary alicyclic amines) is 1. The average Bonchev–Trinajstić information content (AvgIpc) is 2.82. The van der Waals surface area contributed by atoms with Gasteiger partial charge in [-0.15, -0.1) is 0 Å². The minimum atomic E-state index is -0.175. The molecule has 0 saturated carbocycles. The van der Waals surface area contributed by atoms with Crippen molar-refractivity contribution in [1.82, 2.24) is 14.7 Å². The summed E-state index contributed by atoms with van der Waals surface area (Å²) in [6.45, 7) is 16.1. The molecule has 1 N–H and O–H groups in total. The van der Waals surface area contributed by atoms with Crippen molar-refractivity contribution in [2.75, 3.05) is 59.4 Å². The molecule has 3 aliphatic rings. The second-order valence-electron chi connectivity index (χ2n) is 11.1. The second-order valence-corrected chi connectivity index (χ2v) is 11.1. The molecule has 3 unspecified atom stereocenters. The highest BCUT2D eigenvalue weighted by molar-refractivity contribution is 5.16. The zero-order valence-corrected chi connectivity index (χ0v) is 21.5. The molecule has 2 heterocycles. The van der Waals surface area contributed by atoms with Gasteiger partial charge in [0, 0.05) is 32.7 Å². The smallest absolute Gasteiger partial charge is 0.0698 e. The molecule has 0 amide bonds. The largest absolute Gasteiger partial charge is 0.391 e. The summed E-state index contributed by atoms with van der Waals surface area (Å²) >= 11 is 0. The molecule has 184 valence electrons. The SMILES string of the molecule is CCN1CCN(CC(O)C2CC=C([C@@H](C)/C=C\C(C)CCC3CCN(C)CC3)CC2)CC1. The van der Waals surface area contributed by atoms with Crippen LogP contribution in [-0.4, -0.2) is 85.3 Å². The van der Waals surface area contributed by atoms with Crippen LogP contribution in [0.25, 0.3) is 0 Å². The molecule has 0 aromatic heterocycles. The molecule has 3 rings (SSSR count). The number of piperidine rings is 1. The van der Waals surface area contributed by atoms with E-state index in [1.54, 1.807) is 5.57 Å². The standard InChI is InChI=1S/C28H51N3O/c1-5-30-18-20-31(21-19-30)22-28(32)27-12-10-26(11-13-27)24(3)8-6-23(2)7-9-25-14-16-29(4)17-15-25/h6,8,10,23-25,27-28,32H,5,7,9,11-22H2,1-4H3/b8-6-/t23?,24-,27?,28?/m0/s1. The number of hydrogen-bond acceptors (Lipinski definition) is 4. The van der Waals surface area contributed by atoms with Gasteiger partial charge in [-0.25, -0.2) is 0 Å². The van der Waals surface area contributed by atoms with E-state index in [0.29, 0.717) is 17.8 Å². The molecule has 0 radical (unpaired) electrons. The number of hydrogen-bond donors (Lipinski definition) is 1. The maximum Gasteiger partial charge on any atom is 0.0698 e. The summed E-state index contributed by atoms with van der Waals surface area (Å²) < 4.78 is 0. The average molecular weight is 446 g/mol. The van der Waals surface area contributed by atoms with Gasteiger partial charge in [-0.1, -0.05) is 44.6 Å². The lowest BCUT2D eigenvalue weighted by Crippen LogP contribution is -2.49. The zero-order valence-electron chi connectivity index (χ0n) is 21.5. The van der Waals surface area contributed by atoms with Crippen LogP contribution in [0.2, 0.25) is 0 Å². The first kappa shape index (κ1) is 25.9. The van der Waals surface area contributed by atoms with Crippen LogP contribution in [0.5, 0.6) is 0 Å². The van der Waals surface area contributed by atoms with Gasteiger partial charge in [-0.3, -0.25) is 4.90 Å². The molecule has 1 aliphatic carbocycles. The van der Waals surface area contributed by atoms with Crippen LogP contribution < -0.4 is 0 Å². The molecule has 4 heteroatoms. The molecule has 32 heavy (non-hydrogen) atoms. The highest BCUT2D eigenvalue weighted by atomic mass is 16.3. The molecule has 2 aliphatic heterocycles. The summed E-state index contributed by atoms with van der Waals surface area (Å²) in [7, 11) is 2.25. The number of rotatable bonds is 10. The molecular formula is C28H51N3O. The van der Waals surface area contributed by atoms with Gasteiger partial charge in [0.1, 0.15) is 0 Å². The van der Waals surface area contributed by atoms with E-state index in [1.165, 1.54) is 38.8 Å². The Bertz CT molecular complexity index is 587. The van der Waals surface area contributed by atoms with E-state index in [9.17, 15) is 5.11 Å². The van der Waals surface area contributed by atoms with Crippen LogP contribution in [0.3, 0.4) is 0 Å². The van der Waals surface area contributed by atoms with E-state index >= 15 is 0 Å². The maximum absolute atomic E-state index is 10.8. The number of aliphatic hydroxyl groups is 1.